The molecular formula is C21H29Cl3N2O7. The van der Waals surface area contributed by atoms with Gasteiger partial charge in [0.2, 0.25) is 3.79 Å². The lowest BCUT2D eigenvalue weighted by Gasteiger charge is -2.24. The molecule has 0 fully saturated rings. The van der Waals surface area contributed by atoms with Crippen LogP contribution in [0.4, 0.5) is 9.59 Å². The Hall–Kier alpha value is -1.94. The Morgan fingerprint density at radius 2 is 1.73 bits per heavy atom. The Bertz CT molecular complexity index is 767. The smallest absolute Gasteiger partial charge is 0.434 e. The van der Waals surface area contributed by atoms with Crippen LogP contribution in [0.2, 0.25) is 0 Å². The maximum absolute atomic E-state index is 12.4. The second-order valence-electron chi connectivity index (χ2n) is 7.90. The molecule has 0 spiro atoms. The van der Waals surface area contributed by atoms with Gasteiger partial charge in [0, 0.05) is 0 Å². The average molecular weight is 528 g/mol. The number of ether oxygens (including phenoxy) is 3. The van der Waals surface area contributed by atoms with E-state index in [2.05, 4.69) is 5.32 Å². The largest absolute Gasteiger partial charge is 0.467 e. The van der Waals surface area contributed by atoms with Crippen LogP contribution in [0.5, 0.6) is 0 Å². The lowest BCUT2D eigenvalue weighted by atomic mass is 10.1. The van der Waals surface area contributed by atoms with E-state index in [1.807, 2.05) is 30.3 Å². The molecule has 0 heterocycles. The van der Waals surface area contributed by atoms with Crippen LogP contribution in [0.25, 0.3) is 0 Å². The first-order chi connectivity index (χ1) is 15.3. The molecule has 0 aliphatic rings. The van der Waals surface area contributed by atoms with Crippen LogP contribution in [0, 0.1) is 0 Å². The molecule has 1 aromatic carbocycles. The second kappa shape index (κ2) is 13.7. The van der Waals surface area contributed by atoms with Crippen molar-refractivity contribution in [2.24, 2.45) is 0 Å². The van der Waals surface area contributed by atoms with Gasteiger partial charge in [0.05, 0.1) is 13.7 Å². The number of alkyl carbamates (subject to hydrolysis) is 1. The topological polar surface area (TPSA) is 103 Å². The van der Waals surface area contributed by atoms with Gasteiger partial charge >= 0.3 is 18.2 Å². The number of halogens is 3. The van der Waals surface area contributed by atoms with Crippen molar-refractivity contribution in [3.8, 4) is 0 Å². The molecule has 0 saturated carbocycles. The van der Waals surface area contributed by atoms with Gasteiger partial charge in [0.15, 0.2) is 0 Å². The number of methoxy groups -OCH3 is 1. The molecule has 0 bridgehead atoms. The predicted molar refractivity (Wildman–Crippen MR) is 124 cm³/mol. The van der Waals surface area contributed by atoms with Gasteiger partial charge in [-0.1, -0.05) is 65.1 Å². The van der Waals surface area contributed by atoms with E-state index in [9.17, 15) is 14.4 Å². The number of amides is 2. The number of alkyl halides is 3. The van der Waals surface area contributed by atoms with E-state index in [0.29, 0.717) is 0 Å². The Balaban J connectivity index is 2.75. The third-order valence-electron chi connectivity index (χ3n) is 3.82. The minimum Gasteiger partial charge on any atom is -0.467 e. The Morgan fingerprint density at radius 3 is 2.27 bits per heavy atom. The normalized spacial score (nSPS) is 12.5. The number of carbonyl (C=O) groups is 3. The van der Waals surface area contributed by atoms with Crippen LogP contribution in [-0.4, -0.2) is 58.9 Å². The van der Waals surface area contributed by atoms with Gasteiger partial charge in [0.1, 0.15) is 24.9 Å². The summed E-state index contributed by atoms with van der Waals surface area (Å²) < 4.78 is 13.1. The minimum atomic E-state index is -1.78. The number of nitrogens with zero attached hydrogens (tertiary/aromatic N) is 1. The summed E-state index contributed by atoms with van der Waals surface area (Å²) in [6.45, 7) is 4.72. The fourth-order valence-electron chi connectivity index (χ4n) is 2.43. The molecule has 2 amide bonds. The molecular weight excluding hydrogens is 499 g/mol. The highest BCUT2D eigenvalue weighted by molar-refractivity contribution is 6.67. The van der Waals surface area contributed by atoms with E-state index in [4.69, 9.17) is 53.9 Å². The number of hydrogen-bond donors (Lipinski definition) is 1. The number of carbonyl (C=O) groups excluding carboxylic acids is 3. The molecule has 9 nitrogen and oxygen atoms in total. The highest BCUT2D eigenvalue weighted by Gasteiger charge is 2.27. The summed E-state index contributed by atoms with van der Waals surface area (Å²) in [6, 6.07) is 8.16. The molecule has 186 valence electrons. The van der Waals surface area contributed by atoms with Crippen LogP contribution in [0.1, 0.15) is 39.2 Å². The predicted octanol–water partition coefficient (Wildman–Crippen LogP) is 4.77. The van der Waals surface area contributed by atoms with E-state index in [1.54, 1.807) is 20.8 Å². The van der Waals surface area contributed by atoms with Crippen molar-refractivity contribution in [3.63, 3.8) is 0 Å². The van der Waals surface area contributed by atoms with Crippen molar-refractivity contribution in [3.05, 3.63) is 35.9 Å². The molecule has 1 atom stereocenters. The van der Waals surface area contributed by atoms with Gasteiger partial charge in [-0.05, 0) is 39.2 Å². The summed E-state index contributed by atoms with van der Waals surface area (Å²) in [7, 11) is 1.20. The van der Waals surface area contributed by atoms with Crippen LogP contribution < -0.4 is 5.32 Å². The van der Waals surface area contributed by atoms with Crippen molar-refractivity contribution in [1.82, 2.24) is 10.4 Å². The molecule has 1 N–H and O–H groups in total. The second-order valence-corrected chi connectivity index (χ2v) is 10.4. The third-order valence-corrected chi connectivity index (χ3v) is 4.15. The van der Waals surface area contributed by atoms with Crippen molar-refractivity contribution >= 4 is 53.0 Å². The van der Waals surface area contributed by atoms with Gasteiger partial charge in [0.25, 0.3) is 0 Å². The summed E-state index contributed by atoms with van der Waals surface area (Å²) in [6.07, 6.45) is -1.26. The van der Waals surface area contributed by atoms with Gasteiger partial charge < -0.3 is 19.5 Å². The van der Waals surface area contributed by atoms with Gasteiger partial charge in [-0.3, -0.25) is 4.84 Å². The zero-order chi connectivity index (χ0) is 25.1. The molecule has 1 aromatic rings. The zero-order valence-electron chi connectivity index (χ0n) is 18.9. The monoisotopic (exact) mass is 526 g/mol. The summed E-state index contributed by atoms with van der Waals surface area (Å²) >= 11 is 16.9. The number of nitrogens with one attached hydrogen (secondary N) is 1. The Morgan fingerprint density at radius 1 is 1.09 bits per heavy atom. The van der Waals surface area contributed by atoms with E-state index < -0.39 is 40.2 Å². The van der Waals surface area contributed by atoms with Crippen molar-refractivity contribution in [2.45, 2.75) is 55.7 Å². The highest BCUT2D eigenvalue weighted by atomic mass is 35.6. The van der Waals surface area contributed by atoms with Crippen LogP contribution in [0.15, 0.2) is 30.3 Å². The summed E-state index contributed by atoms with van der Waals surface area (Å²) in [4.78, 5) is 42.1. The first-order valence-electron chi connectivity index (χ1n) is 10.1. The van der Waals surface area contributed by atoms with Gasteiger partial charge in [-0.2, -0.15) is 5.06 Å². The molecule has 0 unspecified atom stereocenters. The number of rotatable bonds is 10. The molecule has 0 saturated heterocycles. The number of benzene rings is 1. The summed E-state index contributed by atoms with van der Waals surface area (Å²) in [5, 5.41) is 3.43. The Labute approximate surface area is 208 Å². The van der Waals surface area contributed by atoms with Gasteiger partial charge in [-0.25, -0.2) is 14.4 Å². The molecule has 0 radical (unpaired) electrons. The van der Waals surface area contributed by atoms with E-state index in [1.165, 1.54) is 7.11 Å². The maximum Gasteiger partial charge on any atom is 0.434 e. The lowest BCUT2D eigenvalue weighted by molar-refractivity contribution is -0.149. The molecule has 0 aliphatic heterocycles. The maximum atomic E-state index is 12.4. The van der Waals surface area contributed by atoms with Crippen LogP contribution in [0.3, 0.4) is 0 Å². The van der Waals surface area contributed by atoms with E-state index in [0.717, 1.165) is 10.6 Å². The first kappa shape index (κ1) is 29.1. The van der Waals surface area contributed by atoms with Gasteiger partial charge in [-0.15, -0.1) is 0 Å². The summed E-state index contributed by atoms with van der Waals surface area (Å²) in [5.74, 6) is -0.656. The highest BCUT2D eigenvalue weighted by Crippen LogP contribution is 2.26. The molecule has 0 aliphatic carbocycles. The van der Waals surface area contributed by atoms with E-state index in [-0.39, 0.29) is 26.0 Å². The van der Waals surface area contributed by atoms with Crippen LogP contribution in [-0.2, 0) is 30.4 Å². The Kier molecular flexibility index (Phi) is 12.1. The van der Waals surface area contributed by atoms with Crippen molar-refractivity contribution in [2.75, 3.05) is 20.3 Å². The lowest BCUT2D eigenvalue weighted by Crippen LogP contribution is -2.44. The number of hydroxylamine groups is 2. The first-order valence-corrected chi connectivity index (χ1v) is 11.2. The quantitative estimate of drug-likeness (QED) is 0.202. The zero-order valence-corrected chi connectivity index (χ0v) is 21.2. The molecule has 0 aromatic heterocycles. The van der Waals surface area contributed by atoms with Crippen molar-refractivity contribution < 1.29 is 33.4 Å². The van der Waals surface area contributed by atoms with Crippen LogP contribution >= 0.6 is 34.8 Å². The minimum absolute atomic E-state index is 0.0228. The SMILES string of the molecule is COC(=O)[C@H](CCCN(OCc1ccccc1)C(=O)OCC(Cl)(Cl)Cl)NC(=O)OC(C)(C)C. The third kappa shape index (κ3) is 13.4. The average Bonchev–Trinajstić information content (AvgIpc) is 2.71. The molecule has 12 heteroatoms. The molecule has 33 heavy (non-hydrogen) atoms. The standard InChI is InChI=1S/C21H29Cl3N2O7/c1-20(2,3)33-18(28)25-16(17(27)30-4)11-8-12-26(19(29)31-14-21(22,23)24)32-13-15-9-6-5-7-10-15/h5-7,9-10,16H,8,11-14H2,1-4H3,(H,25,28)/t16-/m0/s1. The number of hydrogen-bond acceptors (Lipinski definition) is 7. The summed E-state index contributed by atoms with van der Waals surface area (Å²) in [5.41, 5.74) is 0.0784. The fourth-order valence-corrected chi connectivity index (χ4v) is 2.59. The molecule has 1 rings (SSSR count). The van der Waals surface area contributed by atoms with Crippen molar-refractivity contribution in [1.29, 1.82) is 0 Å². The fraction of sp³-hybridized carbons (Fsp3) is 0.571. The number of esters is 1. The van der Waals surface area contributed by atoms with E-state index >= 15 is 0 Å².